The summed E-state index contributed by atoms with van der Waals surface area (Å²) in [6.07, 6.45) is 0.787. The predicted octanol–water partition coefficient (Wildman–Crippen LogP) is 0.977. The summed E-state index contributed by atoms with van der Waals surface area (Å²) in [7, 11) is 0. The lowest BCUT2D eigenvalue weighted by Crippen LogP contribution is -3.15. The van der Waals surface area contributed by atoms with Gasteiger partial charge in [-0.15, -0.1) is 11.3 Å². The van der Waals surface area contributed by atoms with Gasteiger partial charge in [0.2, 0.25) is 0 Å². The second-order valence-electron chi connectivity index (χ2n) is 6.37. The van der Waals surface area contributed by atoms with E-state index in [1.165, 1.54) is 16.2 Å². The average molecular weight is 355 g/mol. The number of ether oxygens (including phenoxy) is 2. The molecule has 2 N–H and O–H groups in total. The third-order valence-corrected chi connectivity index (χ3v) is 4.78. The SMILES string of the molecule is CCOC(=O)c1c(CC(C)C)csc1NC(=O)C[NH+]1CCOCC1. The molecule has 1 fully saturated rings. The number of rotatable bonds is 7. The zero-order chi connectivity index (χ0) is 17.5. The Morgan fingerprint density at radius 1 is 1.38 bits per heavy atom. The van der Waals surface area contributed by atoms with E-state index in [-0.39, 0.29) is 11.9 Å². The molecule has 0 aromatic carbocycles. The smallest absolute Gasteiger partial charge is 0.341 e. The second kappa shape index (κ2) is 9.15. The Kier molecular flexibility index (Phi) is 7.20. The van der Waals surface area contributed by atoms with Gasteiger partial charge in [0.25, 0.3) is 5.91 Å². The van der Waals surface area contributed by atoms with Gasteiger partial charge in [-0.1, -0.05) is 13.8 Å². The third-order valence-electron chi connectivity index (χ3n) is 3.84. The van der Waals surface area contributed by atoms with E-state index < -0.39 is 0 Å². The quantitative estimate of drug-likeness (QED) is 0.716. The second-order valence-corrected chi connectivity index (χ2v) is 7.25. The van der Waals surface area contributed by atoms with E-state index in [4.69, 9.17) is 9.47 Å². The lowest BCUT2D eigenvalue weighted by atomic mass is 10.0. The van der Waals surface area contributed by atoms with E-state index in [2.05, 4.69) is 19.2 Å². The number of carbonyl (C=O) groups excluding carboxylic acids is 2. The maximum atomic E-state index is 12.3. The number of hydrogen-bond acceptors (Lipinski definition) is 5. The van der Waals surface area contributed by atoms with Gasteiger partial charge in [-0.05, 0) is 30.2 Å². The first-order chi connectivity index (χ1) is 11.5. The number of esters is 1. The monoisotopic (exact) mass is 355 g/mol. The number of quaternary nitrogens is 1. The molecular formula is C17H27N2O4S+. The van der Waals surface area contributed by atoms with Crippen LogP contribution in [-0.4, -0.2) is 51.3 Å². The highest BCUT2D eigenvalue weighted by Crippen LogP contribution is 2.30. The molecule has 0 saturated carbocycles. The minimum absolute atomic E-state index is 0.0737. The van der Waals surface area contributed by atoms with Crippen LogP contribution in [-0.2, 0) is 20.7 Å². The summed E-state index contributed by atoms with van der Waals surface area (Å²) in [5, 5.41) is 5.45. The van der Waals surface area contributed by atoms with Crippen LogP contribution in [0.2, 0.25) is 0 Å². The number of hydrogen-bond donors (Lipinski definition) is 2. The first-order valence-corrected chi connectivity index (χ1v) is 9.37. The Balaban J connectivity index is 2.08. The minimum Gasteiger partial charge on any atom is -0.462 e. The first kappa shape index (κ1) is 18.9. The molecule has 1 saturated heterocycles. The average Bonchev–Trinajstić information content (AvgIpc) is 2.90. The molecule has 1 amide bonds. The van der Waals surface area contributed by atoms with Crippen molar-refractivity contribution in [1.82, 2.24) is 0 Å². The fourth-order valence-corrected chi connectivity index (χ4v) is 3.72. The summed E-state index contributed by atoms with van der Waals surface area (Å²) in [6, 6.07) is 0. The van der Waals surface area contributed by atoms with E-state index in [1.807, 2.05) is 5.38 Å². The number of amides is 1. The van der Waals surface area contributed by atoms with Crippen molar-refractivity contribution in [3.8, 4) is 0 Å². The molecule has 2 heterocycles. The summed E-state index contributed by atoms with van der Waals surface area (Å²) in [6.45, 7) is 9.75. The lowest BCUT2D eigenvalue weighted by Gasteiger charge is -2.23. The number of nitrogens with one attached hydrogen (secondary N) is 2. The van der Waals surface area contributed by atoms with Crippen LogP contribution in [0.25, 0.3) is 0 Å². The van der Waals surface area contributed by atoms with E-state index in [0.29, 0.717) is 42.8 Å². The van der Waals surface area contributed by atoms with Gasteiger partial charge in [-0.3, -0.25) is 4.79 Å². The molecule has 1 aliphatic rings. The Hall–Kier alpha value is -1.44. The van der Waals surface area contributed by atoms with Gasteiger partial charge >= 0.3 is 5.97 Å². The Morgan fingerprint density at radius 2 is 2.08 bits per heavy atom. The number of anilines is 1. The highest BCUT2D eigenvalue weighted by atomic mass is 32.1. The highest BCUT2D eigenvalue weighted by Gasteiger charge is 2.24. The van der Waals surface area contributed by atoms with Gasteiger partial charge in [0.15, 0.2) is 6.54 Å². The molecule has 0 bridgehead atoms. The minimum atomic E-state index is -0.358. The molecule has 24 heavy (non-hydrogen) atoms. The summed E-state index contributed by atoms with van der Waals surface area (Å²) < 4.78 is 10.5. The van der Waals surface area contributed by atoms with Crippen LogP contribution in [0.1, 0.15) is 36.7 Å². The number of morpholine rings is 1. The topological polar surface area (TPSA) is 69.1 Å². The zero-order valence-electron chi connectivity index (χ0n) is 14.6. The molecule has 6 nitrogen and oxygen atoms in total. The first-order valence-electron chi connectivity index (χ1n) is 8.49. The van der Waals surface area contributed by atoms with Crippen molar-refractivity contribution in [2.24, 2.45) is 5.92 Å². The van der Waals surface area contributed by atoms with Crippen molar-refractivity contribution in [2.75, 3.05) is 44.8 Å². The molecule has 7 heteroatoms. The third kappa shape index (κ3) is 5.29. The van der Waals surface area contributed by atoms with Gasteiger partial charge in [-0.2, -0.15) is 0 Å². The van der Waals surface area contributed by atoms with Crippen molar-refractivity contribution in [2.45, 2.75) is 27.2 Å². The van der Waals surface area contributed by atoms with Gasteiger partial charge < -0.3 is 19.7 Å². The van der Waals surface area contributed by atoms with Crippen LogP contribution < -0.4 is 10.2 Å². The summed E-state index contributed by atoms with van der Waals surface area (Å²) in [5.74, 6) is -0.00654. The largest absolute Gasteiger partial charge is 0.462 e. The van der Waals surface area contributed by atoms with E-state index >= 15 is 0 Å². The van der Waals surface area contributed by atoms with Gasteiger partial charge in [0.05, 0.1) is 25.4 Å². The normalized spacial score (nSPS) is 15.5. The van der Waals surface area contributed by atoms with Crippen molar-refractivity contribution in [1.29, 1.82) is 0 Å². The predicted molar refractivity (Wildman–Crippen MR) is 93.8 cm³/mol. The van der Waals surface area contributed by atoms with Crippen LogP contribution >= 0.6 is 11.3 Å². The molecule has 1 aliphatic heterocycles. The lowest BCUT2D eigenvalue weighted by molar-refractivity contribution is -0.899. The molecule has 0 radical (unpaired) electrons. The fraction of sp³-hybridized carbons (Fsp3) is 0.647. The number of thiophene rings is 1. The Morgan fingerprint density at radius 3 is 2.71 bits per heavy atom. The van der Waals surface area contributed by atoms with Crippen LogP contribution in [0.4, 0.5) is 5.00 Å². The van der Waals surface area contributed by atoms with E-state index in [1.54, 1.807) is 6.92 Å². The molecule has 1 aromatic heterocycles. The standard InChI is InChI=1S/C17H26N2O4S/c1-4-23-17(21)15-13(9-12(2)3)11-24-16(15)18-14(20)10-19-5-7-22-8-6-19/h11-12H,4-10H2,1-3H3,(H,18,20)/p+1. The van der Waals surface area contributed by atoms with Gasteiger partial charge in [0.1, 0.15) is 18.1 Å². The zero-order valence-corrected chi connectivity index (χ0v) is 15.5. The molecule has 2 rings (SSSR count). The molecule has 0 spiro atoms. The van der Waals surface area contributed by atoms with Gasteiger partial charge in [-0.25, -0.2) is 4.79 Å². The Bertz CT molecular complexity index is 565. The van der Waals surface area contributed by atoms with Crippen molar-refractivity contribution < 1.29 is 24.0 Å². The van der Waals surface area contributed by atoms with Crippen molar-refractivity contribution >= 4 is 28.2 Å². The maximum Gasteiger partial charge on any atom is 0.341 e. The number of carbonyl (C=O) groups is 2. The summed E-state index contributed by atoms with van der Waals surface area (Å²) in [5.41, 5.74) is 1.46. The Labute approximate surface area is 147 Å². The van der Waals surface area contributed by atoms with Crippen LogP contribution in [0.5, 0.6) is 0 Å². The van der Waals surface area contributed by atoms with E-state index in [9.17, 15) is 9.59 Å². The van der Waals surface area contributed by atoms with Crippen LogP contribution in [0.15, 0.2) is 5.38 Å². The van der Waals surface area contributed by atoms with Crippen LogP contribution in [0, 0.1) is 5.92 Å². The van der Waals surface area contributed by atoms with Gasteiger partial charge in [0, 0.05) is 0 Å². The fourth-order valence-electron chi connectivity index (χ4n) is 2.74. The summed E-state index contributed by atoms with van der Waals surface area (Å²) in [4.78, 5) is 25.8. The van der Waals surface area contributed by atoms with E-state index in [0.717, 1.165) is 25.1 Å². The molecule has 0 atom stereocenters. The molecule has 0 aliphatic carbocycles. The van der Waals surface area contributed by atoms with Crippen LogP contribution in [0.3, 0.4) is 0 Å². The van der Waals surface area contributed by atoms with Crippen molar-refractivity contribution in [3.05, 3.63) is 16.5 Å². The molecular weight excluding hydrogens is 328 g/mol. The van der Waals surface area contributed by atoms with Crippen molar-refractivity contribution in [3.63, 3.8) is 0 Å². The maximum absolute atomic E-state index is 12.3. The highest BCUT2D eigenvalue weighted by molar-refractivity contribution is 7.15. The molecule has 0 unspecified atom stereocenters. The molecule has 134 valence electrons. The molecule has 1 aromatic rings. The summed E-state index contributed by atoms with van der Waals surface area (Å²) >= 11 is 1.40.